The Morgan fingerprint density at radius 2 is 1.90 bits per heavy atom. The molecule has 6 heteroatoms. The molecule has 0 aliphatic carbocycles. The van der Waals surface area contributed by atoms with E-state index in [1.54, 1.807) is 12.0 Å². The molecule has 124 valence electrons. The summed E-state index contributed by atoms with van der Waals surface area (Å²) in [6, 6.07) is -0.579. The summed E-state index contributed by atoms with van der Waals surface area (Å²) in [6.07, 6.45) is 0.740. The van der Waals surface area contributed by atoms with Crippen LogP contribution < -0.4 is 5.32 Å². The van der Waals surface area contributed by atoms with Crippen molar-refractivity contribution in [2.24, 2.45) is 5.41 Å². The van der Waals surface area contributed by atoms with Gasteiger partial charge in [-0.05, 0) is 18.8 Å². The number of hydrogen-bond acceptors (Lipinski definition) is 3. The van der Waals surface area contributed by atoms with Gasteiger partial charge in [0.1, 0.15) is 0 Å². The van der Waals surface area contributed by atoms with E-state index in [0.29, 0.717) is 13.2 Å². The van der Waals surface area contributed by atoms with Crippen LogP contribution >= 0.6 is 0 Å². The van der Waals surface area contributed by atoms with E-state index < -0.39 is 12.0 Å². The summed E-state index contributed by atoms with van der Waals surface area (Å²) < 4.78 is 5.04. The third-order valence-corrected chi connectivity index (χ3v) is 3.64. The fourth-order valence-corrected chi connectivity index (χ4v) is 1.91. The molecule has 0 fully saturated rings. The summed E-state index contributed by atoms with van der Waals surface area (Å²) in [5, 5.41) is 11.9. The number of carboxylic acids is 1. The summed E-state index contributed by atoms with van der Waals surface area (Å²) in [7, 11) is 1.59. The third-order valence-electron chi connectivity index (χ3n) is 3.64. The zero-order valence-corrected chi connectivity index (χ0v) is 14.1. The molecule has 0 aliphatic rings. The first-order chi connectivity index (χ1) is 9.63. The van der Waals surface area contributed by atoms with Gasteiger partial charge < -0.3 is 20.1 Å². The van der Waals surface area contributed by atoms with Crippen molar-refractivity contribution >= 4 is 12.0 Å². The van der Waals surface area contributed by atoms with E-state index in [4.69, 9.17) is 9.84 Å². The summed E-state index contributed by atoms with van der Waals surface area (Å²) >= 11 is 0. The molecule has 6 nitrogen and oxygen atoms in total. The van der Waals surface area contributed by atoms with Gasteiger partial charge in [0.2, 0.25) is 0 Å². The van der Waals surface area contributed by atoms with E-state index >= 15 is 0 Å². The first-order valence-corrected chi connectivity index (χ1v) is 7.41. The maximum Gasteiger partial charge on any atom is 0.317 e. The lowest BCUT2D eigenvalue weighted by Crippen LogP contribution is -2.53. The van der Waals surface area contributed by atoms with Crippen LogP contribution in [0.1, 0.15) is 47.5 Å². The zero-order valence-electron chi connectivity index (χ0n) is 14.1. The van der Waals surface area contributed by atoms with E-state index in [9.17, 15) is 9.59 Å². The Morgan fingerprint density at radius 1 is 1.33 bits per heavy atom. The number of nitrogens with one attached hydrogen (secondary N) is 1. The summed E-state index contributed by atoms with van der Waals surface area (Å²) in [4.78, 5) is 25.1. The molecule has 0 radical (unpaired) electrons. The molecule has 0 aliphatic heterocycles. The van der Waals surface area contributed by atoms with Crippen LogP contribution in [0, 0.1) is 5.41 Å². The SMILES string of the molecule is CCC(C)N(CCOC)C(=O)NC(CC(=O)O)C(C)(C)C. The smallest absolute Gasteiger partial charge is 0.317 e. The molecule has 0 spiro atoms. The fraction of sp³-hybridized carbons (Fsp3) is 0.867. The molecule has 0 heterocycles. The number of amides is 2. The van der Waals surface area contributed by atoms with Crippen molar-refractivity contribution in [1.29, 1.82) is 0 Å². The Hall–Kier alpha value is -1.30. The van der Waals surface area contributed by atoms with Crippen LogP contribution in [0.2, 0.25) is 0 Å². The number of methoxy groups -OCH3 is 1. The minimum atomic E-state index is -0.915. The quantitative estimate of drug-likeness (QED) is 0.721. The molecule has 2 atom stereocenters. The lowest BCUT2D eigenvalue weighted by molar-refractivity contribution is -0.138. The molecular weight excluding hydrogens is 272 g/mol. The molecule has 2 N–H and O–H groups in total. The highest BCUT2D eigenvalue weighted by Gasteiger charge is 2.30. The van der Waals surface area contributed by atoms with Crippen LogP contribution in [-0.4, -0.2) is 54.4 Å². The van der Waals surface area contributed by atoms with E-state index in [-0.39, 0.29) is 23.9 Å². The Balaban J connectivity index is 4.93. The van der Waals surface area contributed by atoms with E-state index in [0.717, 1.165) is 6.42 Å². The maximum atomic E-state index is 12.5. The minimum absolute atomic E-state index is 0.0746. The maximum absolute atomic E-state index is 12.5. The zero-order chi connectivity index (χ0) is 16.6. The fourth-order valence-electron chi connectivity index (χ4n) is 1.91. The van der Waals surface area contributed by atoms with Crippen molar-refractivity contribution in [2.75, 3.05) is 20.3 Å². The Morgan fingerprint density at radius 3 is 2.29 bits per heavy atom. The van der Waals surface area contributed by atoms with Crippen molar-refractivity contribution < 1.29 is 19.4 Å². The molecule has 0 aromatic rings. The number of carbonyl (C=O) groups is 2. The minimum Gasteiger partial charge on any atom is -0.481 e. The molecule has 2 unspecified atom stereocenters. The van der Waals surface area contributed by atoms with Gasteiger partial charge in [0.15, 0.2) is 0 Å². The number of rotatable bonds is 8. The number of urea groups is 1. The predicted octanol–water partition coefficient (Wildman–Crippen LogP) is 2.33. The number of nitrogens with zero attached hydrogens (tertiary/aromatic N) is 1. The summed E-state index contributed by atoms with van der Waals surface area (Å²) in [5.41, 5.74) is -0.323. The van der Waals surface area contributed by atoms with Crippen molar-refractivity contribution in [2.45, 2.75) is 59.5 Å². The number of aliphatic carboxylic acids is 1. The largest absolute Gasteiger partial charge is 0.481 e. The van der Waals surface area contributed by atoms with Crippen LogP contribution in [0.4, 0.5) is 4.79 Å². The van der Waals surface area contributed by atoms with Gasteiger partial charge in [-0.2, -0.15) is 0 Å². The van der Waals surface area contributed by atoms with Crippen LogP contribution in [0.25, 0.3) is 0 Å². The molecule has 0 rings (SSSR count). The van der Waals surface area contributed by atoms with E-state index in [1.165, 1.54) is 0 Å². The Kier molecular flexibility index (Phi) is 8.32. The predicted molar refractivity (Wildman–Crippen MR) is 82.4 cm³/mol. The monoisotopic (exact) mass is 302 g/mol. The van der Waals surface area contributed by atoms with E-state index in [2.05, 4.69) is 5.32 Å². The summed E-state index contributed by atoms with van der Waals surface area (Å²) in [5.74, 6) is -0.915. The average Bonchev–Trinajstić information content (AvgIpc) is 2.36. The highest BCUT2D eigenvalue weighted by Crippen LogP contribution is 2.22. The normalized spacial score (nSPS) is 14.4. The van der Waals surface area contributed by atoms with Crippen LogP contribution in [0.15, 0.2) is 0 Å². The van der Waals surface area contributed by atoms with Gasteiger partial charge in [-0.1, -0.05) is 27.7 Å². The van der Waals surface area contributed by atoms with Crippen molar-refractivity contribution in [3.63, 3.8) is 0 Å². The van der Waals surface area contributed by atoms with Crippen molar-refractivity contribution in [3.05, 3.63) is 0 Å². The van der Waals surface area contributed by atoms with E-state index in [1.807, 2.05) is 34.6 Å². The Labute approximate surface area is 127 Å². The highest BCUT2D eigenvalue weighted by atomic mass is 16.5. The number of ether oxygens (including phenoxy) is 1. The molecular formula is C15H30N2O4. The first kappa shape index (κ1) is 19.7. The van der Waals surface area contributed by atoms with Gasteiger partial charge in [0.05, 0.1) is 13.0 Å². The van der Waals surface area contributed by atoms with Gasteiger partial charge in [-0.3, -0.25) is 4.79 Å². The second-order valence-corrected chi connectivity index (χ2v) is 6.41. The number of carbonyl (C=O) groups excluding carboxylic acids is 1. The van der Waals surface area contributed by atoms with Crippen LogP contribution in [0.3, 0.4) is 0 Å². The van der Waals surface area contributed by atoms with Crippen molar-refractivity contribution in [3.8, 4) is 0 Å². The highest BCUT2D eigenvalue weighted by molar-refractivity contribution is 5.76. The molecule has 0 aromatic heterocycles. The molecule has 21 heavy (non-hydrogen) atoms. The van der Waals surface area contributed by atoms with Crippen molar-refractivity contribution in [1.82, 2.24) is 10.2 Å². The number of carboxylic acid groups (broad SMARTS) is 1. The standard InChI is InChI=1S/C15H30N2O4/c1-7-11(2)17(8-9-21-6)14(20)16-12(10-13(18)19)15(3,4)5/h11-12H,7-10H2,1-6H3,(H,16,20)(H,18,19). The van der Waals surface area contributed by atoms with Crippen LogP contribution in [-0.2, 0) is 9.53 Å². The topological polar surface area (TPSA) is 78.9 Å². The van der Waals surface area contributed by atoms with Gasteiger partial charge in [-0.15, -0.1) is 0 Å². The molecule has 0 bridgehead atoms. The van der Waals surface area contributed by atoms with Gasteiger partial charge >= 0.3 is 12.0 Å². The Bertz CT molecular complexity index is 339. The second kappa shape index (κ2) is 8.87. The first-order valence-electron chi connectivity index (χ1n) is 7.41. The lowest BCUT2D eigenvalue weighted by Gasteiger charge is -2.35. The third kappa shape index (κ3) is 7.32. The average molecular weight is 302 g/mol. The summed E-state index contributed by atoms with van der Waals surface area (Å²) in [6.45, 7) is 10.7. The number of hydrogen-bond donors (Lipinski definition) is 2. The molecule has 0 aromatic carbocycles. The second-order valence-electron chi connectivity index (χ2n) is 6.41. The van der Waals surface area contributed by atoms with Gasteiger partial charge in [0, 0.05) is 25.7 Å². The molecule has 0 saturated heterocycles. The lowest BCUT2D eigenvalue weighted by atomic mass is 9.85. The van der Waals surface area contributed by atoms with Gasteiger partial charge in [-0.25, -0.2) is 4.79 Å². The van der Waals surface area contributed by atoms with Gasteiger partial charge in [0.25, 0.3) is 0 Å². The van der Waals surface area contributed by atoms with Crippen LogP contribution in [0.5, 0.6) is 0 Å². The molecule has 2 amide bonds. The molecule has 0 saturated carbocycles.